The molecule has 19 heavy (non-hydrogen) atoms. The molecule has 0 heterocycles. The summed E-state index contributed by atoms with van der Waals surface area (Å²) in [4.78, 5) is 12.3. The normalized spacial score (nSPS) is 10.9. The van der Waals surface area contributed by atoms with Gasteiger partial charge in [0.05, 0.1) is 12.2 Å². The van der Waals surface area contributed by atoms with Crippen LogP contribution in [0, 0.1) is 0 Å². The second kappa shape index (κ2) is 6.09. The first-order chi connectivity index (χ1) is 8.33. The minimum Gasteiger partial charge on any atom is -0.493 e. The summed E-state index contributed by atoms with van der Waals surface area (Å²) in [6.07, 6.45) is 0. The highest BCUT2D eigenvalue weighted by atomic mass is 35.5. The fourth-order valence-electron chi connectivity index (χ4n) is 2.32. The smallest absolute Gasteiger partial charge is 0.198 e. The summed E-state index contributed by atoms with van der Waals surface area (Å²) in [5.41, 5.74) is 3.47. The van der Waals surface area contributed by atoms with E-state index in [0.29, 0.717) is 17.9 Å². The zero-order chi connectivity index (χ0) is 11.8. The average molecular weight is 297 g/mol. The topological polar surface area (TPSA) is 26.3 Å². The van der Waals surface area contributed by atoms with E-state index in [1.165, 1.54) is 0 Å². The van der Waals surface area contributed by atoms with Gasteiger partial charge in [-0.15, -0.1) is 24.8 Å². The Morgan fingerprint density at radius 3 is 2.21 bits per heavy atom. The van der Waals surface area contributed by atoms with Crippen LogP contribution in [-0.2, 0) is 0 Å². The molecule has 3 rings (SSSR count). The summed E-state index contributed by atoms with van der Waals surface area (Å²) in [7, 11) is 0. The van der Waals surface area contributed by atoms with Crippen LogP contribution in [0.15, 0.2) is 42.5 Å². The standard InChI is InChI=1S/C15H12O2.2ClH/c1-2-17-13-9-5-8-11-10-6-3-4-7-12(10)15(16)14(11)13;;/h3-9H,2H2,1H3;2*1H. The molecule has 0 amide bonds. The average Bonchev–Trinajstić information content (AvgIpc) is 2.66. The minimum atomic E-state index is 0. The van der Waals surface area contributed by atoms with Crippen LogP contribution < -0.4 is 4.74 Å². The number of benzene rings is 2. The van der Waals surface area contributed by atoms with Crippen LogP contribution in [0.4, 0.5) is 0 Å². The van der Waals surface area contributed by atoms with Gasteiger partial charge in [-0.25, -0.2) is 0 Å². The summed E-state index contributed by atoms with van der Waals surface area (Å²) in [5, 5.41) is 0. The van der Waals surface area contributed by atoms with Crippen molar-refractivity contribution in [3.05, 3.63) is 53.6 Å². The zero-order valence-electron chi connectivity index (χ0n) is 10.4. The predicted molar refractivity (Wildman–Crippen MR) is 81.0 cm³/mol. The van der Waals surface area contributed by atoms with Gasteiger partial charge in [0.1, 0.15) is 5.75 Å². The van der Waals surface area contributed by atoms with Gasteiger partial charge in [0.15, 0.2) is 5.78 Å². The summed E-state index contributed by atoms with van der Waals surface area (Å²) in [6, 6.07) is 13.5. The van der Waals surface area contributed by atoms with Gasteiger partial charge in [0.2, 0.25) is 0 Å². The number of fused-ring (bicyclic) bond motifs is 3. The molecule has 4 heteroatoms. The van der Waals surface area contributed by atoms with E-state index >= 15 is 0 Å². The van der Waals surface area contributed by atoms with Crippen LogP contribution in [0.3, 0.4) is 0 Å². The van der Waals surface area contributed by atoms with Gasteiger partial charge in [-0.05, 0) is 24.1 Å². The SMILES string of the molecule is CCOc1cccc2c1C(=O)c1ccccc1-2.Cl.Cl. The van der Waals surface area contributed by atoms with Gasteiger partial charge in [-0.3, -0.25) is 4.79 Å². The molecule has 0 saturated heterocycles. The second-order valence-corrected chi connectivity index (χ2v) is 3.99. The van der Waals surface area contributed by atoms with Gasteiger partial charge in [0.25, 0.3) is 0 Å². The molecule has 1 aliphatic carbocycles. The molecule has 0 N–H and O–H groups in total. The highest BCUT2D eigenvalue weighted by molar-refractivity contribution is 6.23. The number of ether oxygens (including phenoxy) is 1. The van der Waals surface area contributed by atoms with Gasteiger partial charge >= 0.3 is 0 Å². The Bertz CT molecular complexity index is 609. The lowest BCUT2D eigenvalue weighted by molar-refractivity contribution is 0.104. The maximum absolute atomic E-state index is 12.3. The number of rotatable bonds is 2. The van der Waals surface area contributed by atoms with Gasteiger partial charge < -0.3 is 4.74 Å². The van der Waals surface area contributed by atoms with E-state index in [9.17, 15) is 4.79 Å². The van der Waals surface area contributed by atoms with Gasteiger partial charge in [-0.2, -0.15) is 0 Å². The third-order valence-electron chi connectivity index (χ3n) is 3.01. The van der Waals surface area contributed by atoms with Gasteiger partial charge in [0, 0.05) is 5.56 Å². The molecule has 0 radical (unpaired) electrons. The zero-order valence-corrected chi connectivity index (χ0v) is 12.0. The molecular formula is C15H14Cl2O2. The Hall–Kier alpha value is -1.51. The monoisotopic (exact) mass is 296 g/mol. The van der Waals surface area contributed by atoms with E-state index in [1.807, 2.05) is 49.4 Å². The Balaban J connectivity index is 0.000000902. The van der Waals surface area contributed by atoms with Crippen molar-refractivity contribution in [2.75, 3.05) is 6.61 Å². The highest BCUT2D eigenvalue weighted by Gasteiger charge is 2.29. The van der Waals surface area contributed by atoms with Crippen molar-refractivity contribution >= 4 is 30.6 Å². The molecular weight excluding hydrogens is 283 g/mol. The van der Waals surface area contributed by atoms with Crippen LogP contribution in [0.25, 0.3) is 11.1 Å². The number of hydrogen-bond donors (Lipinski definition) is 0. The molecule has 0 aliphatic heterocycles. The molecule has 0 aromatic heterocycles. The molecule has 0 spiro atoms. The van der Waals surface area contributed by atoms with Crippen LogP contribution in [-0.4, -0.2) is 12.4 Å². The lowest BCUT2D eigenvalue weighted by Crippen LogP contribution is -2.01. The highest BCUT2D eigenvalue weighted by Crippen LogP contribution is 2.40. The lowest BCUT2D eigenvalue weighted by atomic mass is 10.1. The van der Waals surface area contributed by atoms with Gasteiger partial charge in [-0.1, -0.05) is 36.4 Å². The Morgan fingerprint density at radius 2 is 1.53 bits per heavy atom. The van der Waals surface area contributed by atoms with E-state index in [1.54, 1.807) is 0 Å². The molecule has 0 atom stereocenters. The fraction of sp³-hybridized carbons (Fsp3) is 0.133. The van der Waals surface area contributed by atoms with Crippen molar-refractivity contribution in [2.24, 2.45) is 0 Å². The van der Waals surface area contributed by atoms with Crippen molar-refractivity contribution in [3.8, 4) is 16.9 Å². The summed E-state index contributed by atoms with van der Waals surface area (Å²) in [6.45, 7) is 2.49. The number of halogens is 2. The summed E-state index contributed by atoms with van der Waals surface area (Å²) in [5.74, 6) is 0.755. The largest absolute Gasteiger partial charge is 0.493 e. The molecule has 0 bridgehead atoms. The van der Waals surface area contributed by atoms with Crippen LogP contribution in [0.1, 0.15) is 22.8 Å². The molecule has 1 aliphatic rings. The van der Waals surface area contributed by atoms with Crippen molar-refractivity contribution < 1.29 is 9.53 Å². The Morgan fingerprint density at radius 1 is 0.895 bits per heavy atom. The number of ketones is 1. The molecule has 2 aromatic rings. The molecule has 2 nitrogen and oxygen atoms in total. The molecule has 100 valence electrons. The Labute approximate surface area is 124 Å². The second-order valence-electron chi connectivity index (χ2n) is 3.99. The minimum absolute atomic E-state index is 0. The molecule has 0 unspecified atom stereocenters. The summed E-state index contributed by atoms with van der Waals surface area (Å²) >= 11 is 0. The third-order valence-corrected chi connectivity index (χ3v) is 3.01. The van der Waals surface area contributed by atoms with Crippen LogP contribution in [0.2, 0.25) is 0 Å². The lowest BCUT2D eigenvalue weighted by Gasteiger charge is -2.07. The molecule has 2 aromatic carbocycles. The maximum Gasteiger partial charge on any atom is 0.198 e. The quantitative estimate of drug-likeness (QED) is 0.710. The first kappa shape index (κ1) is 15.5. The number of hydrogen-bond acceptors (Lipinski definition) is 2. The number of carbonyl (C=O) groups excluding carboxylic acids is 1. The maximum atomic E-state index is 12.3. The summed E-state index contributed by atoms with van der Waals surface area (Å²) < 4.78 is 5.53. The third kappa shape index (κ3) is 2.34. The van der Waals surface area contributed by atoms with Crippen LogP contribution >= 0.6 is 24.8 Å². The first-order valence-electron chi connectivity index (χ1n) is 5.73. The molecule has 0 fully saturated rings. The van der Waals surface area contributed by atoms with Crippen molar-refractivity contribution in [1.29, 1.82) is 0 Å². The van der Waals surface area contributed by atoms with Crippen molar-refractivity contribution in [1.82, 2.24) is 0 Å². The van der Waals surface area contributed by atoms with E-state index in [-0.39, 0.29) is 30.6 Å². The van der Waals surface area contributed by atoms with Crippen LogP contribution in [0.5, 0.6) is 5.75 Å². The van der Waals surface area contributed by atoms with E-state index in [2.05, 4.69) is 0 Å². The van der Waals surface area contributed by atoms with Crippen molar-refractivity contribution in [2.45, 2.75) is 6.92 Å². The Kier molecular flexibility index (Phi) is 4.98. The fourth-order valence-corrected chi connectivity index (χ4v) is 2.32. The van der Waals surface area contributed by atoms with E-state index < -0.39 is 0 Å². The first-order valence-corrected chi connectivity index (χ1v) is 5.73. The predicted octanol–water partition coefficient (Wildman–Crippen LogP) is 4.14. The molecule has 0 saturated carbocycles. The van der Waals surface area contributed by atoms with E-state index in [4.69, 9.17) is 4.74 Å². The van der Waals surface area contributed by atoms with Crippen molar-refractivity contribution in [3.63, 3.8) is 0 Å². The van der Waals surface area contributed by atoms with E-state index in [0.717, 1.165) is 16.7 Å². The number of carbonyl (C=O) groups is 1.